The molecular formula is C14H14N4OS. The van der Waals surface area contributed by atoms with Gasteiger partial charge in [0, 0.05) is 6.54 Å². The van der Waals surface area contributed by atoms with E-state index in [0.29, 0.717) is 18.4 Å². The molecule has 2 aliphatic rings. The number of fused-ring (bicyclic) bond motifs is 1. The minimum Gasteiger partial charge on any atom is -0.356 e. The van der Waals surface area contributed by atoms with Gasteiger partial charge in [0.2, 0.25) is 0 Å². The molecule has 4 rings (SSSR count). The Balaban J connectivity index is 1.67. The molecule has 1 aromatic carbocycles. The lowest BCUT2D eigenvalue weighted by molar-refractivity contribution is -0.123. The maximum atomic E-state index is 12.1. The number of thiazole rings is 1. The first-order chi connectivity index (χ1) is 10.1. The summed E-state index contributed by atoms with van der Waals surface area (Å²) in [6.45, 7) is 5.11. The summed E-state index contributed by atoms with van der Waals surface area (Å²) in [5.41, 5.74) is 0.260. The normalized spacial score (nSPS) is 26.2. The fourth-order valence-electron chi connectivity index (χ4n) is 2.83. The molecule has 0 aliphatic carbocycles. The maximum absolute atomic E-state index is 12.1. The fourth-order valence-corrected chi connectivity index (χ4v) is 3.79. The van der Waals surface area contributed by atoms with E-state index in [-0.39, 0.29) is 5.91 Å². The third-order valence-electron chi connectivity index (χ3n) is 3.84. The second-order valence-electron chi connectivity index (χ2n) is 5.19. The van der Waals surface area contributed by atoms with E-state index in [1.54, 1.807) is 6.07 Å². The molecule has 2 fully saturated rings. The van der Waals surface area contributed by atoms with E-state index in [2.05, 4.69) is 27.1 Å². The highest BCUT2D eigenvalue weighted by Gasteiger charge is 2.49. The van der Waals surface area contributed by atoms with E-state index in [9.17, 15) is 4.79 Å². The zero-order chi connectivity index (χ0) is 14.6. The highest BCUT2D eigenvalue weighted by molar-refractivity contribution is 7.22. The van der Waals surface area contributed by atoms with Gasteiger partial charge in [0.1, 0.15) is 5.54 Å². The maximum Gasteiger partial charge on any atom is 0.253 e. The van der Waals surface area contributed by atoms with Gasteiger partial charge in [-0.3, -0.25) is 4.79 Å². The second-order valence-corrected chi connectivity index (χ2v) is 6.17. The monoisotopic (exact) mass is 288 g/mol. The van der Waals surface area contributed by atoms with Crippen LogP contribution in [0.15, 0.2) is 36.6 Å². The first-order valence-corrected chi connectivity index (χ1v) is 7.29. The molecule has 5 nitrogen and oxygen atoms in total. The average molecular weight is 288 g/mol. The van der Waals surface area contributed by atoms with Crippen LogP contribution >= 0.6 is 11.3 Å². The summed E-state index contributed by atoms with van der Waals surface area (Å²) in [5, 5.41) is 6.78. The number of benzene rings is 1. The topological polar surface area (TPSA) is 57.3 Å². The molecular weight excluding hydrogens is 272 g/mol. The van der Waals surface area contributed by atoms with Crippen molar-refractivity contribution in [1.82, 2.24) is 15.6 Å². The molecule has 1 unspecified atom stereocenters. The van der Waals surface area contributed by atoms with Crippen LogP contribution in [-0.4, -0.2) is 29.5 Å². The van der Waals surface area contributed by atoms with Crippen molar-refractivity contribution < 1.29 is 6.17 Å². The van der Waals surface area contributed by atoms with Crippen molar-refractivity contribution in [2.75, 3.05) is 18.0 Å². The lowest BCUT2D eigenvalue weighted by atomic mass is 10.00. The summed E-state index contributed by atoms with van der Waals surface area (Å²) >= 11 is 1.51. The van der Waals surface area contributed by atoms with Crippen molar-refractivity contribution in [2.45, 2.75) is 12.0 Å². The first-order valence-electron chi connectivity index (χ1n) is 6.97. The molecule has 2 saturated heterocycles. The van der Waals surface area contributed by atoms with Gasteiger partial charge in [0.15, 0.2) is 5.13 Å². The number of carbonyl (C=O) groups is 1. The number of aromatic nitrogens is 1. The fraction of sp³-hybridized carbons (Fsp3) is 0.286. The van der Waals surface area contributed by atoms with Crippen LogP contribution in [0.25, 0.3) is 10.2 Å². The highest BCUT2D eigenvalue weighted by Crippen LogP contribution is 2.34. The number of rotatable bonds is 1. The van der Waals surface area contributed by atoms with E-state index >= 15 is 0 Å². The molecule has 3 heterocycles. The number of hydrogen-bond acceptors (Lipinski definition) is 5. The smallest absolute Gasteiger partial charge is 0.253 e. The van der Waals surface area contributed by atoms with Crippen LogP contribution in [0.4, 0.5) is 5.13 Å². The standard InChI is InChI=1S/C14H14N4OS/c1-9-15-12(19)14(17-9)6-7-18(8-14)13-16-10-4-2-3-5-11(10)20-13/h2-5,17H,1,6-8H2,(H,15,19)/i5T. The molecule has 102 valence electrons. The molecule has 0 saturated carbocycles. The van der Waals surface area contributed by atoms with Gasteiger partial charge in [0.05, 0.1) is 24.0 Å². The molecule has 2 aliphatic heterocycles. The van der Waals surface area contributed by atoms with Gasteiger partial charge in [-0.15, -0.1) is 0 Å². The van der Waals surface area contributed by atoms with Gasteiger partial charge in [-0.2, -0.15) is 0 Å². The Morgan fingerprint density at radius 3 is 3.20 bits per heavy atom. The number of nitrogens with one attached hydrogen (secondary N) is 2. The second kappa shape index (κ2) is 3.96. The summed E-state index contributed by atoms with van der Waals surface area (Å²) in [5.74, 6) is 0.553. The molecule has 2 N–H and O–H groups in total. The molecule has 1 spiro atoms. The summed E-state index contributed by atoms with van der Waals surface area (Å²) in [6, 6.07) is 6.03. The van der Waals surface area contributed by atoms with Crippen LogP contribution in [0.2, 0.25) is 0 Å². The van der Waals surface area contributed by atoms with Crippen LogP contribution in [0.5, 0.6) is 0 Å². The van der Waals surface area contributed by atoms with E-state index < -0.39 is 5.54 Å². The van der Waals surface area contributed by atoms with Crippen molar-refractivity contribution in [3.63, 3.8) is 0 Å². The van der Waals surface area contributed by atoms with E-state index in [4.69, 9.17) is 1.37 Å². The summed E-state index contributed by atoms with van der Waals surface area (Å²) in [7, 11) is 0. The van der Waals surface area contributed by atoms with Crippen LogP contribution in [0.3, 0.4) is 0 Å². The van der Waals surface area contributed by atoms with E-state index in [0.717, 1.165) is 28.3 Å². The van der Waals surface area contributed by atoms with Gasteiger partial charge in [-0.05, 0) is 18.5 Å². The molecule has 1 atom stereocenters. The zero-order valence-electron chi connectivity index (χ0n) is 11.8. The minimum atomic E-state index is -0.585. The third-order valence-corrected chi connectivity index (χ3v) is 4.90. The quantitative estimate of drug-likeness (QED) is 0.833. The number of carbonyl (C=O) groups excluding carboxylic acids is 1. The Morgan fingerprint density at radius 2 is 2.45 bits per heavy atom. The SMILES string of the molecule is [3H]c1cccc2nc(N3CCC4(C3)NC(=C)NC4=O)sc12. The molecule has 6 heteroatoms. The Hall–Kier alpha value is -2.08. The molecule has 0 bridgehead atoms. The van der Waals surface area contributed by atoms with E-state index in [1.165, 1.54) is 11.3 Å². The predicted molar refractivity (Wildman–Crippen MR) is 79.6 cm³/mol. The van der Waals surface area contributed by atoms with Crippen molar-refractivity contribution >= 4 is 32.6 Å². The number of para-hydroxylation sites is 1. The average Bonchev–Trinajstić information content (AvgIpc) is 3.09. The van der Waals surface area contributed by atoms with Crippen LogP contribution in [0.1, 0.15) is 7.79 Å². The summed E-state index contributed by atoms with van der Waals surface area (Å²) in [4.78, 5) is 18.8. The summed E-state index contributed by atoms with van der Waals surface area (Å²) < 4.78 is 8.82. The Kier molecular flexibility index (Phi) is 2.11. The van der Waals surface area contributed by atoms with Gasteiger partial charge in [-0.1, -0.05) is 30.0 Å². The van der Waals surface area contributed by atoms with Gasteiger partial charge in [-0.25, -0.2) is 4.98 Å². The third kappa shape index (κ3) is 1.61. The summed E-state index contributed by atoms with van der Waals surface area (Å²) in [6.07, 6.45) is 0.724. The van der Waals surface area contributed by atoms with Crippen molar-refractivity contribution in [1.29, 1.82) is 0 Å². The first kappa shape index (κ1) is 10.7. The molecule has 20 heavy (non-hydrogen) atoms. The van der Waals surface area contributed by atoms with Crippen LogP contribution in [-0.2, 0) is 4.79 Å². The number of nitrogens with zero attached hydrogens (tertiary/aromatic N) is 2. The highest BCUT2D eigenvalue weighted by atomic mass is 32.1. The molecule has 1 aromatic heterocycles. The number of amides is 1. The van der Waals surface area contributed by atoms with Gasteiger partial charge < -0.3 is 15.5 Å². The largest absolute Gasteiger partial charge is 0.356 e. The lowest BCUT2D eigenvalue weighted by Gasteiger charge is -2.21. The van der Waals surface area contributed by atoms with Crippen molar-refractivity contribution in [2.24, 2.45) is 0 Å². The lowest BCUT2D eigenvalue weighted by Crippen LogP contribution is -2.48. The molecule has 1 amide bonds. The Bertz CT molecular complexity index is 773. The Morgan fingerprint density at radius 1 is 1.55 bits per heavy atom. The van der Waals surface area contributed by atoms with Crippen molar-refractivity contribution in [3.8, 4) is 0 Å². The van der Waals surface area contributed by atoms with Gasteiger partial charge >= 0.3 is 0 Å². The van der Waals surface area contributed by atoms with Crippen LogP contribution in [0, 0.1) is 0 Å². The molecule has 0 radical (unpaired) electrons. The van der Waals surface area contributed by atoms with E-state index in [1.807, 2.05) is 12.1 Å². The Labute approximate surface area is 121 Å². The van der Waals surface area contributed by atoms with Crippen molar-refractivity contribution in [3.05, 3.63) is 36.6 Å². The minimum absolute atomic E-state index is 0.0164. The number of anilines is 1. The zero-order valence-corrected chi connectivity index (χ0v) is 11.6. The molecule has 2 aromatic rings. The van der Waals surface area contributed by atoms with Crippen LogP contribution < -0.4 is 15.5 Å². The predicted octanol–water partition coefficient (Wildman–Crippen LogP) is 1.44. The number of hydrogen-bond donors (Lipinski definition) is 2. The van der Waals surface area contributed by atoms with Gasteiger partial charge in [0.25, 0.3) is 5.91 Å².